The van der Waals surface area contributed by atoms with E-state index in [1.807, 2.05) is 38.1 Å². The van der Waals surface area contributed by atoms with Crippen LogP contribution in [0.15, 0.2) is 24.3 Å². The van der Waals surface area contributed by atoms with Gasteiger partial charge in [0.25, 0.3) is 0 Å². The summed E-state index contributed by atoms with van der Waals surface area (Å²) in [7, 11) is 0. The molecule has 0 atom stereocenters. The Morgan fingerprint density at radius 3 is 2.77 bits per heavy atom. The van der Waals surface area contributed by atoms with Gasteiger partial charge in [-0.05, 0) is 44.5 Å². The molecule has 0 unspecified atom stereocenters. The van der Waals surface area contributed by atoms with E-state index in [0.717, 1.165) is 44.6 Å². The van der Waals surface area contributed by atoms with Crippen LogP contribution in [0.1, 0.15) is 24.5 Å². The first-order valence-electron chi connectivity index (χ1n) is 7.33. The number of benzene rings is 1. The van der Waals surface area contributed by atoms with Crippen molar-refractivity contribution in [1.29, 1.82) is 0 Å². The van der Waals surface area contributed by atoms with Crippen LogP contribution < -0.4 is 10.1 Å². The normalized spacial score (nSPS) is 10.9. The Morgan fingerprint density at radius 2 is 2.05 bits per heavy atom. The highest BCUT2D eigenvalue weighted by Gasteiger charge is 2.09. The molecule has 0 saturated heterocycles. The van der Waals surface area contributed by atoms with Gasteiger partial charge < -0.3 is 10.1 Å². The summed E-state index contributed by atoms with van der Waals surface area (Å²) in [6.07, 6.45) is 0.893. The van der Waals surface area contributed by atoms with E-state index >= 15 is 0 Å². The summed E-state index contributed by atoms with van der Waals surface area (Å²) in [4.78, 5) is 4.57. The van der Waals surface area contributed by atoms with E-state index in [1.165, 1.54) is 0 Å². The molecule has 22 heavy (non-hydrogen) atoms. The van der Waals surface area contributed by atoms with E-state index in [1.54, 1.807) is 11.3 Å². The van der Waals surface area contributed by atoms with Crippen molar-refractivity contribution in [1.82, 2.24) is 15.2 Å². The largest absolute Gasteiger partial charge is 0.494 e. The van der Waals surface area contributed by atoms with Crippen molar-refractivity contribution in [3.05, 3.63) is 35.0 Å². The maximum absolute atomic E-state index is 5.59. The molecular weight excluding hydrogens is 296 g/mol. The molecule has 3 aromatic rings. The van der Waals surface area contributed by atoms with E-state index in [0.29, 0.717) is 6.61 Å². The molecule has 0 bridgehead atoms. The molecule has 114 valence electrons. The van der Waals surface area contributed by atoms with Gasteiger partial charge in [-0.15, -0.1) is 10.2 Å². The molecule has 0 aliphatic rings. The minimum absolute atomic E-state index is 0.643. The maximum Gasteiger partial charge on any atom is 0.210 e. The minimum atomic E-state index is 0.643. The van der Waals surface area contributed by atoms with Crippen LogP contribution in [0.5, 0.6) is 5.75 Å². The van der Waals surface area contributed by atoms with Gasteiger partial charge in [-0.25, -0.2) is 0 Å². The number of hydrogen-bond donors (Lipinski definition) is 1. The van der Waals surface area contributed by atoms with Gasteiger partial charge in [-0.1, -0.05) is 18.3 Å². The zero-order valence-electron chi connectivity index (χ0n) is 12.9. The second-order valence-electron chi connectivity index (χ2n) is 4.90. The number of aryl methyl sites for hydroxylation is 2. The van der Waals surface area contributed by atoms with Crippen molar-refractivity contribution < 1.29 is 4.74 Å². The summed E-state index contributed by atoms with van der Waals surface area (Å²) in [5, 5.41) is 14.5. The van der Waals surface area contributed by atoms with Gasteiger partial charge in [0.2, 0.25) is 5.13 Å². The minimum Gasteiger partial charge on any atom is -0.494 e. The number of pyridine rings is 1. The van der Waals surface area contributed by atoms with Crippen LogP contribution in [0.25, 0.3) is 10.9 Å². The van der Waals surface area contributed by atoms with Crippen molar-refractivity contribution in [2.75, 3.05) is 11.9 Å². The second kappa shape index (κ2) is 6.27. The molecule has 1 aromatic carbocycles. The Hall–Kier alpha value is -2.21. The molecule has 2 heterocycles. The molecule has 0 aliphatic heterocycles. The molecule has 1 N–H and O–H groups in total. The lowest BCUT2D eigenvalue weighted by Crippen LogP contribution is -1.96. The van der Waals surface area contributed by atoms with Crippen LogP contribution in [0.2, 0.25) is 0 Å². The standard InChI is InChI=1S/C16H18N4OS/c1-4-15-19-20-16(22-15)18-14-8-10(3)17-13-7-6-11(21-5-2)9-12(13)14/h6-9H,4-5H2,1-3H3,(H,17,18,20). The average Bonchev–Trinajstić information content (AvgIpc) is 2.96. The Bertz CT molecular complexity index is 800. The first-order valence-corrected chi connectivity index (χ1v) is 8.15. The number of nitrogens with zero attached hydrogens (tertiary/aromatic N) is 3. The number of hydrogen-bond acceptors (Lipinski definition) is 6. The van der Waals surface area contributed by atoms with E-state index in [4.69, 9.17) is 4.74 Å². The summed E-state index contributed by atoms with van der Waals surface area (Å²) in [6.45, 7) is 6.68. The Labute approximate surface area is 133 Å². The third kappa shape index (κ3) is 3.01. The van der Waals surface area contributed by atoms with E-state index in [9.17, 15) is 0 Å². The molecule has 3 rings (SSSR count). The summed E-state index contributed by atoms with van der Waals surface area (Å²) >= 11 is 1.57. The quantitative estimate of drug-likeness (QED) is 0.768. The molecule has 6 heteroatoms. The van der Waals surface area contributed by atoms with Crippen LogP contribution in [-0.4, -0.2) is 21.8 Å². The number of anilines is 2. The lowest BCUT2D eigenvalue weighted by molar-refractivity contribution is 0.340. The van der Waals surface area contributed by atoms with Gasteiger partial charge in [-0.3, -0.25) is 4.98 Å². The van der Waals surface area contributed by atoms with Crippen molar-refractivity contribution in [2.45, 2.75) is 27.2 Å². The summed E-state index contributed by atoms with van der Waals surface area (Å²) in [5.41, 5.74) is 2.87. The van der Waals surface area contributed by atoms with Crippen LogP contribution in [-0.2, 0) is 6.42 Å². The smallest absolute Gasteiger partial charge is 0.210 e. The maximum atomic E-state index is 5.59. The summed E-state index contributed by atoms with van der Waals surface area (Å²) < 4.78 is 5.59. The zero-order chi connectivity index (χ0) is 15.5. The molecule has 2 aromatic heterocycles. The zero-order valence-corrected chi connectivity index (χ0v) is 13.7. The van der Waals surface area contributed by atoms with Crippen LogP contribution in [0.3, 0.4) is 0 Å². The van der Waals surface area contributed by atoms with E-state index in [2.05, 4.69) is 27.4 Å². The third-order valence-corrected chi connectivity index (χ3v) is 4.21. The molecule has 0 spiro atoms. The van der Waals surface area contributed by atoms with Crippen molar-refractivity contribution in [3.8, 4) is 5.75 Å². The van der Waals surface area contributed by atoms with Gasteiger partial charge in [0.05, 0.1) is 17.8 Å². The first kappa shape index (κ1) is 14.7. The van der Waals surface area contributed by atoms with Crippen LogP contribution >= 0.6 is 11.3 Å². The molecule has 0 saturated carbocycles. The predicted octanol–water partition coefficient (Wildman–Crippen LogP) is 4.10. The van der Waals surface area contributed by atoms with Gasteiger partial charge >= 0.3 is 0 Å². The number of rotatable bonds is 5. The van der Waals surface area contributed by atoms with Gasteiger partial charge in [0.15, 0.2) is 0 Å². The van der Waals surface area contributed by atoms with E-state index in [-0.39, 0.29) is 0 Å². The number of ether oxygens (including phenoxy) is 1. The number of nitrogens with one attached hydrogen (secondary N) is 1. The van der Waals surface area contributed by atoms with Gasteiger partial charge in [0, 0.05) is 11.1 Å². The Kier molecular flexibility index (Phi) is 4.20. The van der Waals surface area contributed by atoms with E-state index < -0.39 is 0 Å². The summed E-state index contributed by atoms with van der Waals surface area (Å²) in [6, 6.07) is 7.96. The van der Waals surface area contributed by atoms with Gasteiger partial charge in [-0.2, -0.15) is 0 Å². The molecule has 0 aliphatic carbocycles. The fraction of sp³-hybridized carbons (Fsp3) is 0.312. The van der Waals surface area contributed by atoms with Crippen LogP contribution in [0.4, 0.5) is 10.8 Å². The third-order valence-electron chi connectivity index (χ3n) is 3.23. The summed E-state index contributed by atoms with van der Waals surface area (Å²) in [5.74, 6) is 0.843. The van der Waals surface area contributed by atoms with Crippen LogP contribution in [0, 0.1) is 6.92 Å². The Morgan fingerprint density at radius 1 is 1.18 bits per heavy atom. The second-order valence-corrected chi connectivity index (χ2v) is 5.96. The lowest BCUT2D eigenvalue weighted by Gasteiger charge is -2.10. The van der Waals surface area contributed by atoms with Crippen molar-refractivity contribution in [3.63, 3.8) is 0 Å². The topological polar surface area (TPSA) is 59.9 Å². The fourth-order valence-electron chi connectivity index (χ4n) is 2.26. The Balaban J connectivity index is 2.03. The fourth-order valence-corrected chi connectivity index (χ4v) is 2.95. The molecule has 0 fully saturated rings. The van der Waals surface area contributed by atoms with Gasteiger partial charge in [0.1, 0.15) is 10.8 Å². The molecule has 5 nitrogen and oxygen atoms in total. The highest BCUT2D eigenvalue weighted by atomic mass is 32.1. The highest BCUT2D eigenvalue weighted by molar-refractivity contribution is 7.15. The lowest BCUT2D eigenvalue weighted by atomic mass is 10.1. The SMILES string of the molecule is CCOc1ccc2nc(C)cc(Nc3nnc(CC)s3)c2c1. The highest BCUT2D eigenvalue weighted by Crippen LogP contribution is 2.30. The first-order chi connectivity index (χ1) is 10.7. The number of fused-ring (bicyclic) bond motifs is 1. The molecule has 0 amide bonds. The molecular formula is C16H18N4OS. The monoisotopic (exact) mass is 314 g/mol. The average molecular weight is 314 g/mol. The number of aromatic nitrogens is 3. The predicted molar refractivity (Wildman–Crippen MR) is 90.2 cm³/mol. The molecule has 0 radical (unpaired) electrons. The van der Waals surface area contributed by atoms with Crippen molar-refractivity contribution in [2.24, 2.45) is 0 Å². The van der Waals surface area contributed by atoms with Crippen molar-refractivity contribution >= 4 is 33.1 Å².